The van der Waals surface area contributed by atoms with Crippen molar-refractivity contribution in [3.63, 3.8) is 0 Å². The monoisotopic (exact) mass is 564 g/mol. The molecule has 196 valence electrons. The Hall–Kier alpha value is -4.58. The van der Waals surface area contributed by atoms with Crippen molar-refractivity contribution in [1.82, 2.24) is 4.98 Å². The number of Topliss-reactive ketones (excluding diaryl/α,β-unsaturated/α-hetero) is 1. The number of nitrogens with zero attached hydrogens (tertiary/aromatic N) is 2. The van der Waals surface area contributed by atoms with Crippen molar-refractivity contribution in [2.24, 2.45) is 4.99 Å². The smallest absolute Gasteiger partial charge is 0.173 e. The average molecular weight is 565 g/mol. The number of thioether (sulfide) groups is 1. The maximum Gasteiger partial charge on any atom is 0.173 e. The predicted molar refractivity (Wildman–Crippen MR) is 175 cm³/mol. The Morgan fingerprint density at radius 1 is 0.732 bits per heavy atom. The highest BCUT2D eigenvalue weighted by atomic mass is 32.2. The van der Waals surface area contributed by atoms with Gasteiger partial charge >= 0.3 is 0 Å². The van der Waals surface area contributed by atoms with E-state index in [1.165, 1.54) is 33.3 Å². The third kappa shape index (κ3) is 5.30. The van der Waals surface area contributed by atoms with Gasteiger partial charge in [-0.2, -0.15) is 0 Å². The fraction of sp³-hybridized carbons (Fsp3) is 0.0278. The lowest BCUT2D eigenvalue weighted by atomic mass is 9.97. The van der Waals surface area contributed by atoms with Crippen LogP contribution in [0.5, 0.6) is 0 Å². The van der Waals surface area contributed by atoms with Gasteiger partial charge in [-0.25, -0.2) is 4.98 Å². The van der Waals surface area contributed by atoms with Crippen LogP contribution in [0.2, 0.25) is 0 Å². The highest BCUT2D eigenvalue weighted by molar-refractivity contribution is 8.01. The fourth-order valence-electron chi connectivity index (χ4n) is 5.05. The van der Waals surface area contributed by atoms with Crippen LogP contribution in [0.4, 0.5) is 5.69 Å². The van der Waals surface area contributed by atoms with Crippen molar-refractivity contribution in [2.75, 3.05) is 5.75 Å². The Labute approximate surface area is 246 Å². The summed E-state index contributed by atoms with van der Waals surface area (Å²) in [5, 5.41) is 4.78. The first-order valence-corrected chi connectivity index (χ1v) is 15.2. The number of carbonyl (C=O) groups is 1. The number of rotatable bonds is 7. The van der Waals surface area contributed by atoms with E-state index in [1.54, 1.807) is 11.3 Å². The Morgan fingerprint density at radius 2 is 1.39 bits per heavy atom. The van der Waals surface area contributed by atoms with Crippen molar-refractivity contribution < 1.29 is 4.79 Å². The Balaban J connectivity index is 1.08. The zero-order chi connectivity index (χ0) is 27.6. The number of thiazole rings is 1. The number of hydrogen-bond donors (Lipinski definition) is 0. The number of aromatic nitrogens is 1. The first-order chi connectivity index (χ1) is 20.2. The van der Waals surface area contributed by atoms with Gasteiger partial charge in [0.2, 0.25) is 0 Å². The number of benzene rings is 6. The molecule has 6 aromatic carbocycles. The first-order valence-electron chi connectivity index (χ1n) is 13.4. The molecule has 0 unspecified atom stereocenters. The minimum Gasteiger partial charge on any atom is -0.293 e. The molecule has 7 aromatic rings. The zero-order valence-electron chi connectivity index (χ0n) is 22.0. The molecule has 0 saturated heterocycles. The van der Waals surface area contributed by atoms with Crippen LogP contribution in [0.3, 0.4) is 0 Å². The van der Waals surface area contributed by atoms with E-state index in [-0.39, 0.29) is 5.78 Å². The molecule has 0 N–H and O–H groups in total. The molecular formula is C36H24N2OS2. The van der Waals surface area contributed by atoms with Gasteiger partial charge in [0, 0.05) is 17.3 Å². The molecule has 1 aromatic heterocycles. The molecule has 0 saturated carbocycles. The Bertz CT molecular complexity index is 2010. The third-order valence-electron chi connectivity index (χ3n) is 7.15. The first kappa shape index (κ1) is 25.4. The molecule has 0 bridgehead atoms. The van der Waals surface area contributed by atoms with Gasteiger partial charge in [0.25, 0.3) is 0 Å². The van der Waals surface area contributed by atoms with Crippen molar-refractivity contribution in [3.8, 4) is 11.1 Å². The molecule has 0 aliphatic carbocycles. The lowest BCUT2D eigenvalue weighted by Crippen LogP contribution is -2.01. The maximum atomic E-state index is 12.9. The van der Waals surface area contributed by atoms with Gasteiger partial charge in [0.15, 0.2) is 10.1 Å². The average Bonchev–Trinajstić information content (AvgIpc) is 3.44. The second-order valence-corrected chi connectivity index (χ2v) is 12.0. The molecule has 0 aliphatic heterocycles. The van der Waals surface area contributed by atoms with E-state index in [0.29, 0.717) is 5.75 Å². The summed E-state index contributed by atoms with van der Waals surface area (Å²) < 4.78 is 1.94. The summed E-state index contributed by atoms with van der Waals surface area (Å²) in [5.74, 6) is 0.449. The maximum absolute atomic E-state index is 12.9. The molecule has 0 atom stereocenters. The lowest BCUT2D eigenvalue weighted by molar-refractivity contribution is 0.102. The van der Waals surface area contributed by atoms with Crippen LogP contribution >= 0.6 is 23.1 Å². The summed E-state index contributed by atoms with van der Waals surface area (Å²) >= 11 is 3.09. The van der Waals surface area contributed by atoms with E-state index in [2.05, 4.69) is 72.8 Å². The number of hydrogen-bond acceptors (Lipinski definition) is 5. The highest BCUT2D eigenvalue weighted by Crippen LogP contribution is 2.33. The summed E-state index contributed by atoms with van der Waals surface area (Å²) in [5.41, 5.74) is 5.89. The van der Waals surface area contributed by atoms with Crippen molar-refractivity contribution in [3.05, 3.63) is 139 Å². The van der Waals surface area contributed by atoms with Gasteiger partial charge in [0.05, 0.1) is 21.7 Å². The number of carbonyl (C=O) groups excluding carboxylic acids is 1. The summed E-state index contributed by atoms with van der Waals surface area (Å²) in [4.78, 5) is 22.5. The molecule has 41 heavy (non-hydrogen) atoms. The summed E-state index contributed by atoms with van der Waals surface area (Å²) in [7, 11) is 0. The standard InChI is InChI=1S/C36H24N2OS2/c39-34(26-16-14-25(15-17-26)24-8-2-1-3-9-24)23-40-36-38-33-19-18-29(21-35(33)41-36)37-22-32-30-12-6-4-10-27(30)20-28-11-5-7-13-31(28)32/h1-22H,23H2. The van der Waals surface area contributed by atoms with Crippen LogP contribution in [-0.2, 0) is 0 Å². The van der Waals surface area contributed by atoms with E-state index < -0.39 is 0 Å². The molecule has 0 amide bonds. The third-order valence-corrected chi connectivity index (χ3v) is 9.31. The SMILES string of the molecule is O=C(CSc1nc2ccc(N=Cc3c4ccccc4cc4ccccc34)cc2s1)c1ccc(-c2ccccc2)cc1. The summed E-state index contributed by atoms with van der Waals surface area (Å²) in [6, 6.07) is 43.2. The largest absolute Gasteiger partial charge is 0.293 e. The van der Waals surface area contributed by atoms with Crippen molar-refractivity contribution in [2.45, 2.75) is 4.34 Å². The van der Waals surface area contributed by atoms with Crippen LogP contribution in [0, 0.1) is 0 Å². The van der Waals surface area contributed by atoms with Gasteiger partial charge < -0.3 is 0 Å². The quantitative estimate of drug-likeness (QED) is 0.0837. The van der Waals surface area contributed by atoms with E-state index >= 15 is 0 Å². The minimum atomic E-state index is 0.0986. The Kier molecular flexibility index (Phi) is 6.89. The number of aliphatic imine (C=N–C) groups is 1. The molecule has 0 radical (unpaired) electrons. The van der Waals surface area contributed by atoms with Crippen molar-refractivity contribution >= 4 is 72.5 Å². The lowest BCUT2D eigenvalue weighted by Gasteiger charge is -2.07. The second-order valence-electron chi connectivity index (χ2n) is 9.78. The zero-order valence-corrected chi connectivity index (χ0v) is 23.7. The number of fused-ring (bicyclic) bond motifs is 3. The number of ketones is 1. The molecule has 1 heterocycles. The van der Waals surface area contributed by atoms with Gasteiger partial charge in [-0.15, -0.1) is 11.3 Å². The fourth-order valence-corrected chi connectivity index (χ4v) is 7.05. The second kappa shape index (κ2) is 11.1. The van der Waals surface area contributed by atoms with E-state index in [9.17, 15) is 4.79 Å². The van der Waals surface area contributed by atoms with Crippen molar-refractivity contribution in [1.29, 1.82) is 0 Å². The van der Waals surface area contributed by atoms with Gasteiger partial charge in [-0.05, 0) is 56.9 Å². The topological polar surface area (TPSA) is 42.3 Å². The Morgan fingerprint density at radius 3 is 2.12 bits per heavy atom. The van der Waals surface area contributed by atoms with E-state index in [1.807, 2.05) is 60.8 Å². The van der Waals surface area contributed by atoms with Gasteiger partial charge in [0.1, 0.15) is 0 Å². The van der Waals surface area contributed by atoms with Crippen LogP contribution in [0.1, 0.15) is 15.9 Å². The van der Waals surface area contributed by atoms with Crippen LogP contribution in [-0.4, -0.2) is 22.7 Å². The normalized spacial score (nSPS) is 11.6. The molecule has 5 heteroatoms. The minimum absolute atomic E-state index is 0.0986. The molecule has 0 aliphatic rings. The summed E-state index contributed by atoms with van der Waals surface area (Å²) in [6.07, 6.45) is 1.98. The van der Waals surface area contributed by atoms with E-state index in [0.717, 1.165) is 42.5 Å². The molecule has 7 rings (SSSR count). The van der Waals surface area contributed by atoms with Gasteiger partial charge in [-0.3, -0.25) is 9.79 Å². The van der Waals surface area contributed by atoms with Crippen LogP contribution in [0.25, 0.3) is 42.9 Å². The highest BCUT2D eigenvalue weighted by Gasteiger charge is 2.11. The van der Waals surface area contributed by atoms with E-state index in [4.69, 9.17) is 9.98 Å². The van der Waals surface area contributed by atoms with Crippen LogP contribution < -0.4 is 0 Å². The van der Waals surface area contributed by atoms with Crippen LogP contribution in [0.15, 0.2) is 137 Å². The molecular weight excluding hydrogens is 541 g/mol. The summed E-state index contributed by atoms with van der Waals surface area (Å²) in [6.45, 7) is 0. The predicted octanol–water partition coefficient (Wildman–Crippen LogP) is 10.00. The molecule has 3 nitrogen and oxygen atoms in total. The van der Waals surface area contributed by atoms with Gasteiger partial charge in [-0.1, -0.05) is 115 Å². The molecule has 0 fully saturated rings. The molecule has 0 spiro atoms.